The summed E-state index contributed by atoms with van der Waals surface area (Å²) < 4.78 is 1.08. The molecule has 0 bridgehead atoms. The van der Waals surface area contributed by atoms with Gasteiger partial charge in [-0.1, -0.05) is 34.1 Å². The summed E-state index contributed by atoms with van der Waals surface area (Å²) in [5, 5.41) is 0. The lowest BCUT2D eigenvalue weighted by molar-refractivity contribution is -0.132. The molecule has 0 unspecified atom stereocenters. The van der Waals surface area contributed by atoms with Crippen LogP contribution in [0.3, 0.4) is 0 Å². The number of carbonyl (C=O) groups is 1. The molecule has 1 aliphatic rings. The molecular weight excluding hydrogens is 292 g/mol. The van der Waals surface area contributed by atoms with Crippen molar-refractivity contribution in [2.24, 2.45) is 5.73 Å². The monoisotopic (exact) mass is 310 g/mol. The fraction of sp³-hybridized carbons (Fsp3) is 0.500. The number of nitrogens with two attached hydrogens (primary N) is 1. The summed E-state index contributed by atoms with van der Waals surface area (Å²) in [4.78, 5) is 14.0. The van der Waals surface area contributed by atoms with Crippen molar-refractivity contribution in [1.29, 1.82) is 0 Å². The summed E-state index contributed by atoms with van der Waals surface area (Å²) in [6.45, 7) is 1.58. The Kier molecular flexibility index (Phi) is 4.78. The van der Waals surface area contributed by atoms with E-state index < -0.39 is 0 Å². The van der Waals surface area contributed by atoms with Gasteiger partial charge in [-0.25, -0.2) is 0 Å². The molecule has 98 valence electrons. The Labute approximate surface area is 116 Å². The molecule has 1 heterocycles. The van der Waals surface area contributed by atoms with Crippen LogP contribution in [0.25, 0.3) is 0 Å². The van der Waals surface area contributed by atoms with E-state index in [2.05, 4.69) is 22.0 Å². The molecule has 0 aromatic heterocycles. The van der Waals surface area contributed by atoms with Gasteiger partial charge in [-0.15, -0.1) is 0 Å². The number of nitrogens with zero attached hydrogens (tertiary/aromatic N) is 1. The molecule has 0 aliphatic carbocycles. The highest BCUT2D eigenvalue weighted by Gasteiger charge is 2.20. The van der Waals surface area contributed by atoms with Crippen LogP contribution in [0.2, 0.25) is 0 Å². The summed E-state index contributed by atoms with van der Waals surface area (Å²) in [5.41, 5.74) is 7.08. The Hall–Kier alpha value is -0.870. The van der Waals surface area contributed by atoms with Crippen molar-refractivity contribution in [3.8, 4) is 0 Å². The first-order chi connectivity index (χ1) is 8.66. The summed E-state index contributed by atoms with van der Waals surface area (Å²) >= 11 is 3.51. The SMILES string of the molecule is N[C@H]1CCCN(C(=O)CCc2ccccc2Br)C1. The van der Waals surface area contributed by atoms with Gasteiger partial charge in [0.1, 0.15) is 0 Å². The zero-order valence-electron chi connectivity index (χ0n) is 10.4. The molecule has 2 rings (SSSR count). The van der Waals surface area contributed by atoms with Crippen molar-refractivity contribution >= 4 is 21.8 Å². The zero-order chi connectivity index (χ0) is 13.0. The summed E-state index contributed by atoms with van der Waals surface area (Å²) in [5.74, 6) is 0.223. The van der Waals surface area contributed by atoms with Crippen LogP contribution >= 0.6 is 15.9 Å². The smallest absolute Gasteiger partial charge is 0.222 e. The molecule has 3 nitrogen and oxygen atoms in total. The van der Waals surface area contributed by atoms with Gasteiger partial charge < -0.3 is 10.6 Å². The molecule has 4 heteroatoms. The molecule has 1 saturated heterocycles. The van der Waals surface area contributed by atoms with Crippen molar-refractivity contribution < 1.29 is 4.79 Å². The average Bonchev–Trinajstić information content (AvgIpc) is 2.37. The predicted octanol–water partition coefficient (Wildman–Crippen LogP) is 2.33. The molecule has 0 spiro atoms. The highest BCUT2D eigenvalue weighted by Crippen LogP contribution is 2.18. The highest BCUT2D eigenvalue weighted by molar-refractivity contribution is 9.10. The number of likely N-dealkylation sites (tertiary alicyclic amines) is 1. The maximum absolute atomic E-state index is 12.1. The van der Waals surface area contributed by atoms with Gasteiger partial charge in [0.2, 0.25) is 5.91 Å². The molecule has 1 fully saturated rings. The third-order valence-electron chi connectivity index (χ3n) is 3.38. The lowest BCUT2D eigenvalue weighted by Gasteiger charge is -2.30. The number of hydrogen-bond acceptors (Lipinski definition) is 2. The van der Waals surface area contributed by atoms with Crippen LogP contribution in [-0.4, -0.2) is 29.9 Å². The quantitative estimate of drug-likeness (QED) is 0.931. The molecule has 0 saturated carbocycles. The van der Waals surface area contributed by atoms with Crippen LogP contribution in [0.4, 0.5) is 0 Å². The van der Waals surface area contributed by atoms with Crippen molar-refractivity contribution in [2.45, 2.75) is 31.7 Å². The maximum Gasteiger partial charge on any atom is 0.222 e. The third kappa shape index (κ3) is 3.56. The Balaban J connectivity index is 1.86. The van der Waals surface area contributed by atoms with Gasteiger partial charge in [-0.05, 0) is 30.9 Å². The average molecular weight is 311 g/mol. The largest absolute Gasteiger partial charge is 0.341 e. The summed E-state index contributed by atoms with van der Waals surface area (Å²) in [7, 11) is 0. The van der Waals surface area contributed by atoms with Gasteiger partial charge in [-0.2, -0.15) is 0 Å². The van der Waals surface area contributed by atoms with Crippen LogP contribution in [0.1, 0.15) is 24.8 Å². The van der Waals surface area contributed by atoms with Crippen LogP contribution in [0.15, 0.2) is 28.7 Å². The van der Waals surface area contributed by atoms with E-state index in [1.165, 1.54) is 5.56 Å². The van der Waals surface area contributed by atoms with Gasteiger partial charge >= 0.3 is 0 Å². The van der Waals surface area contributed by atoms with Crippen LogP contribution < -0.4 is 5.73 Å². The Morgan fingerprint density at radius 2 is 2.22 bits per heavy atom. The number of rotatable bonds is 3. The zero-order valence-corrected chi connectivity index (χ0v) is 12.0. The molecule has 1 amide bonds. The molecule has 1 aromatic rings. The number of benzene rings is 1. The van der Waals surface area contributed by atoms with E-state index >= 15 is 0 Å². The fourth-order valence-electron chi connectivity index (χ4n) is 2.34. The maximum atomic E-state index is 12.1. The molecule has 2 N–H and O–H groups in total. The van der Waals surface area contributed by atoms with Gasteiger partial charge in [0.25, 0.3) is 0 Å². The normalized spacial score (nSPS) is 19.9. The van der Waals surface area contributed by atoms with Crippen molar-refractivity contribution in [2.75, 3.05) is 13.1 Å². The minimum absolute atomic E-state index is 0.158. The fourth-order valence-corrected chi connectivity index (χ4v) is 2.82. The van der Waals surface area contributed by atoms with Crippen molar-refractivity contribution in [1.82, 2.24) is 4.90 Å². The second-order valence-electron chi connectivity index (χ2n) is 4.83. The van der Waals surface area contributed by atoms with Crippen molar-refractivity contribution in [3.05, 3.63) is 34.3 Å². The van der Waals surface area contributed by atoms with Gasteiger partial charge in [0.15, 0.2) is 0 Å². The van der Waals surface area contributed by atoms with Crippen LogP contribution in [0.5, 0.6) is 0 Å². The first kappa shape index (κ1) is 13.6. The number of piperidine rings is 1. The number of aryl methyl sites for hydroxylation is 1. The minimum atomic E-state index is 0.158. The van der Waals surface area contributed by atoms with Crippen molar-refractivity contribution in [3.63, 3.8) is 0 Å². The Morgan fingerprint density at radius 1 is 1.44 bits per heavy atom. The summed E-state index contributed by atoms with van der Waals surface area (Å²) in [6.07, 6.45) is 3.41. The van der Waals surface area contributed by atoms with Crippen LogP contribution in [-0.2, 0) is 11.2 Å². The van der Waals surface area contributed by atoms with Gasteiger partial charge in [-0.3, -0.25) is 4.79 Å². The van der Waals surface area contributed by atoms with Gasteiger partial charge in [0, 0.05) is 30.0 Å². The van der Waals surface area contributed by atoms with E-state index in [-0.39, 0.29) is 11.9 Å². The van der Waals surface area contributed by atoms with E-state index in [0.29, 0.717) is 6.42 Å². The van der Waals surface area contributed by atoms with E-state index in [0.717, 1.165) is 36.8 Å². The third-order valence-corrected chi connectivity index (χ3v) is 4.15. The lowest BCUT2D eigenvalue weighted by atomic mass is 10.0. The number of hydrogen-bond donors (Lipinski definition) is 1. The number of carbonyl (C=O) groups excluding carboxylic acids is 1. The first-order valence-electron chi connectivity index (χ1n) is 6.43. The first-order valence-corrected chi connectivity index (χ1v) is 7.23. The molecule has 1 atom stereocenters. The summed E-state index contributed by atoms with van der Waals surface area (Å²) in [6, 6.07) is 8.21. The van der Waals surface area contributed by atoms with E-state index in [9.17, 15) is 4.79 Å². The molecule has 18 heavy (non-hydrogen) atoms. The topological polar surface area (TPSA) is 46.3 Å². The Morgan fingerprint density at radius 3 is 2.94 bits per heavy atom. The van der Waals surface area contributed by atoms with E-state index in [1.807, 2.05) is 23.1 Å². The van der Waals surface area contributed by atoms with E-state index in [1.54, 1.807) is 0 Å². The highest BCUT2D eigenvalue weighted by atomic mass is 79.9. The minimum Gasteiger partial charge on any atom is -0.341 e. The number of halogens is 1. The molecule has 1 aliphatic heterocycles. The molecule has 1 aromatic carbocycles. The standard InChI is InChI=1S/C14H19BrN2O/c15-13-6-2-1-4-11(13)7-8-14(18)17-9-3-5-12(16)10-17/h1-2,4,6,12H,3,5,7-10,16H2/t12-/m0/s1. The van der Waals surface area contributed by atoms with Crippen LogP contribution in [0, 0.1) is 0 Å². The van der Waals surface area contributed by atoms with E-state index in [4.69, 9.17) is 5.73 Å². The lowest BCUT2D eigenvalue weighted by Crippen LogP contribution is -2.45. The Bertz CT molecular complexity index is 422. The predicted molar refractivity (Wildman–Crippen MR) is 76.3 cm³/mol. The molecular formula is C14H19BrN2O. The number of amides is 1. The molecule has 0 radical (unpaired) electrons. The van der Waals surface area contributed by atoms with Gasteiger partial charge in [0.05, 0.1) is 0 Å². The second kappa shape index (κ2) is 6.34. The second-order valence-corrected chi connectivity index (χ2v) is 5.69.